The third-order valence-electron chi connectivity index (χ3n) is 5.73. The Morgan fingerprint density at radius 3 is 2.43 bits per heavy atom. The number of aliphatic hydroxyl groups excluding tert-OH is 1. The van der Waals surface area contributed by atoms with Crippen LogP contribution in [0, 0.1) is 5.92 Å². The number of benzene rings is 1. The fourth-order valence-corrected chi connectivity index (χ4v) is 4.33. The summed E-state index contributed by atoms with van der Waals surface area (Å²) in [6.45, 7) is 5.63. The van der Waals surface area contributed by atoms with Crippen LogP contribution < -0.4 is 4.74 Å². The van der Waals surface area contributed by atoms with E-state index in [1.807, 2.05) is 0 Å². The monoisotopic (exact) mass is 317 g/mol. The minimum absolute atomic E-state index is 0.326. The number of ether oxygens (including phenoxy) is 1. The lowest BCUT2D eigenvalue weighted by molar-refractivity contribution is 0.0814. The van der Waals surface area contributed by atoms with Crippen LogP contribution in [0.15, 0.2) is 12.1 Å². The second-order valence-electron chi connectivity index (χ2n) is 7.14. The van der Waals surface area contributed by atoms with E-state index in [-0.39, 0.29) is 6.10 Å². The van der Waals surface area contributed by atoms with Gasteiger partial charge >= 0.3 is 0 Å². The molecule has 0 spiro atoms. The molecule has 1 aromatic rings. The van der Waals surface area contributed by atoms with E-state index in [4.69, 9.17) is 4.74 Å². The average Bonchev–Trinajstić information content (AvgIpc) is 3.11. The van der Waals surface area contributed by atoms with Gasteiger partial charge in [-0.05, 0) is 80.8 Å². The van der Waals surface area contributed by atoms with E-state index in [0.29, 0.717) is 5.92 Å². The third-order valence-corrected chi connectivity index (χ3v) is 5.73. The molecule has 2 unspecified atom stereocenters. The van der Waals surface area contributed by atoms with Gasteiger partial charge in [0.1, 0.15) is 5.75 Å². The Kier molecular flexibility index (Phi) is 5.60. The highest BCUT2D eigenvalue weighted by Crippen LogP contribution is 2.37. The molecule has 3 rings (SSSR count). The molecule has 0 aromatic heterocycles. The Bertz CT molecular complexity index is 523. The minimum atomic E-state index is -0.349. The highest BCUT2D eigenvalue weighted by molar-refractivity contribution is 5.47. The van der Waals surface area contributed by atoms with Gasteiger partial charge in [0, 0.05) is 12.5 Å². The maximum absolute atomic E-state index is 11.1. The number of hydrogen-bond acceptors (Lipinski definition) is 3. The molecule has 2 atom stereocenters. The zero-order valence-corrected chi connectivity index (χ0v) is 14.7. The minimum Gasteiger partial charge on any atom is -0.496 e. The van der Waals surface area contributed by atoms with Gasteiger partial charge in [-0.15, -0.1) is 0 Å². The lowest BCUT2D eigenvalue weighted by Gasteiger charge is -2.30. The first kappa shape index (κ1) is 16.8. The first-order chi connectivity index (χ1) is 11.2. The average molecular weight is 317 g/mol. The third kappa shape index (κ3) is 3.56. The molecular weight excluding hydrogens is 286 g/mol. The van der Waals surface area contributed by atoms with E-state index in [2.05, 4.69) is 24.0 Å². The highest BCUT2D eigenvalue weighted by atomic mass is 16.5. The van der Waals surface area contributed by atoms with Crippen molar-refractivity contribution in [2.75, 3.05) is 26.7 Å². The second kappa shape index (κ2) is 7.67. The predicted molar refractivity (Wildman–Crippen MR) is 94.1 cm³/mol. The van der Waals surface area contributed by atoms with Gasteiger partial charge in [0.05, 0.1) is 13.2 Å². The van der Waals surface area contributed by atoms with E-state index in [0.717, 1.165) is 37.1 Å². The number of nitrogens with zero attached hydrogens (tertiary/aromatic N) is 1. The van der Waals surface area contributed by atoms with Gasteiger partial charge in [-0.1, -0.05) is 13.0 Å². The van der Waals surface area contributed by atoms with E-state index < -0.39 is 0 Å². The van der Waals surface area contributed by atoms with Crippen LogP contribution in [-0.2, 0) is 12.8 Å². The van der Waals surface area contributed by atoms with E-state index in [9.17, 15) is 5.11 Å². The molecule has 1 saturated heterocycles. The number of likely N-dealkylation sites (tertiary alicyclic amines) is 1. The number of methoxy groups -OCH3 is 1. The molecule has 1 fully saturated rings. The van der Waals surface area contributed by atoms with Crippen molar-refractivity contribution >= 4 is 0 Å². The standard InChI is InChI=1S/C20H31NO2/c1-3-15(14-21-12-6-7-13-21)20(22)18-10-11-19(23-2)17-9-5-4-8-16(17)18/h10-11,15,20,22H,3-9,12-14H2,1-2H3. The van der Waals surface area contributed by atoms with Gasteiger partial charge in [-0.3, -0.25) is 0 Å². The van der Waals surface area contributed by atoms with E-state index >= 15 is 0 Å². The molecule has 0 amide bonds. The summed E-state index contributed by atoms with van der Waals surface area (Å²) in [5.74, 6) is 1.33. The van der Waals surface area contributed by atoms with Crippen molar-refractivity contribution in [3.8, 4) is 5.75 Å². The summed E-state index contributed by atoms with van der Waals surface area (Å²) < 4.78 is 5.55. The summed E-state index contributed by atoms with van der Waals surface area (Å²) in [6.07, 6.45) is 7.92. The summed E-state index contributed by atoms with van der Waals surface area (Å²) in [5, 5.41) is 11.1. The zero-order chi connectivity index (χ0) is 16.2. The van der Waals surface area contributed by atoms with E-state index in [1.165, 1.54) is 49.9 Å². The summed E-state index contributed by atoms with van der Waals surface area (Å²) in [6, 6.07) is 4.17. The molecule has 2 aliphatic rings. The van der Waals surface area contributed by atoms with Crippen LogP contribution in [0.25, 0.3) is 0 Å². The van der Waals surface area contributed by atoms with Crippen molar-refractivity contribution in [2.45, 2.75) is 58.0 Å². The van der Waals surface area contributed by atoms with Crippen LogP contribution in [0.4, 0.5) is 0 Å². The maximum atomic E-state index is 11.1. The molecule has 1 aromatic carbocycles. The Morgan fingerprint density at radius 2 is 1.78 bits per heavy atom. The van der Waals surface area contributed by atoms with Crippen LogP contribution in [0.2, 0.25) is 0 Å². The molecule has 1 aliphatic heterocycles. The Labute approximate surface area is 140 Å². The Morgan fingerprint density at radius 1 is 1.09 bits per heavy atom. The largest absolute Gasteiger partial charge is 0.496 e. The normalized spacial score (nSPS) is 21.0. The topological polar surface area (TPSA) is 32.7 Å². The molecule has 3 heteroatoms. The Hall–Kier alpha value is -1.06. The van der Waals surface area contributed by atoms with Crippen LogP contribution in [0.1, 0.15) is 61.8 Å². The highest BCUT2D eigenvalue weighted by Gasteiger charge is 2.27. The summed E-state index contributed by atoms with van der Waals surface area (Å²) in [7, 11) is 1.75. The fraction of sp³-hybridized carbons (Fsp3) is 0.700. The smallest absolute Gasteiger partial charge is 0.122 e. The van der Waals surface area contributed by atoms with Crippen LogP contribution >= 0.6 is 0 Å². The molecule has 128 valence electrons. The van der Waals surface area contributed by atoms with Crippen molar-refractivity contribution in [2.24, 2.45) is 5.92 Å². The number of hydrogen-bond donors (Lipinski definition) is 1. The van der Waals surface area contributed by atoms with Gasteiger partial charge in [0.25, 0.3) is 0 Å². The summed E-state index contributed by atoms with van der Waals surface area (Å²) >= 11 is 0. The molecule has 1 heterocycles. The zero-order valence-electron chi connectivity index (χ0n) is 14.7. The van der Waals surface area contributed by atoms with Gasteiger partial charge in [-0.2, -0.15) is 0 Å². The summed E-state index contributed by atoms with van der Waals surface area (Å²) in [5.41, 5.74) is 3.86. The maximum Gasteiger partial charge on any atom is 0.122 e. The van der Waals surface area contributed by atoms with Gasteiger partial charge in [0.15, 0.2) is 0 Å². The fourth-order valence-electron chi connectivity index (χ4n) is 4.33. The van der Waals surface area contributed by atoms with Gasteiger partial charge in [0.2, 0.25) is 0 Å². The quantitative estimate of drug-likeness (QED) is 0.868. The van der Waals surface area contributed by atoms with Crippen LogP contribution in [-0.4, -0.2) is 36.8 Å². The molecule has 0 bridgehead atoms. The molecule has 1 aliphatic carbocycles. The van der Waals surface area contributed by atoms with Crippen LogP contribution in [0.5, 0.6) is 5.75 Å². The summed E-state index contributed by atoms with van der Waals surface area (Å²) in [4.78, 5) is 2.52. The first-order valence-corrected chi connectivity index (χ1v) is 9.33. The molecule has 1 N–H and O–H groups in total. The second-order valence-corrected chi connectivity index (χ2v) is 7.14. The SMILES string of the molecule is CCC(CN1CCCC1)C(O)c1ccc(OC)c2c1CCCC2. The molecule has 0 radical (unpaired) electrons. The lowest BCUT2D eigenvalue weighted by Crippen LogP contribution is -2.30. The van der Waals surface area contributed by atoms with Crippen molar-refractivity contribution in [1.29, 1.82) is 0 Å². The molecule has 3 nitrogen and oxygen atoms in total. The molecule has 23 heavy (non-hydrogen) atoms. The van der Waals surface area contributed by atoms with Crippen molar-refractivity contribution in [3.05, 3.63) is 28.8 Å². The molecule has 0 saturated carbocycles. The molecular formula is C20H31NO2. The van der Waals surface area contributed by atoms with Crippen molar-refractivity contribution < 1.29 is 9.84 Å². The van der Waals surface area contributed by atoms with E-state index in [1.54, 1.807) is 7.11 Å². The van der Waals surface area contributed by atoms with Crippen molar-refractivity contribution in [3.63, 3.8) is 0 Å². The lowest BCUT2D eigenvalue weighted by atomic mass is 9.82. The van der Waals surface area contributed by atoms with Crippen LogP contribution in [0.3, 0.4) is 0 Å². The predicted octanol–water partition coefficient (Wildman–Crippen LogP) is 3.73. The Balaban J connectivity index is 1.83. The number of fused-ring (bicyclic) bond motifs is 1. The number of rotatable bonds is 6. The van der Waals surface area contributed by atoms with Gasteiger partial charge < -0.3 is 14.7 Å². The first-order valence-electron chi connectivity index (χ1n) is 9.33. The van der Waals surface area contributed by atoms with Crippen molar-refractivity contribution in [1.82, 2.24) is 4.90 Å². The number of aliphatic hydroxyl groups is 1. The van der Waals surface area contributed by atoms with Gasteiger partial charge in [-0.25, -0.2) is 0 Å².